The molecule has 0 radical (unpaired) electrons. The average Bonchev–Trinajstić information content (AvgIpc) is 2.53. The van der Waals surface area contributed by atoms with Gasteiger partial charge in [0.2, 0.25) is 0 Å². The summed E-state index contributed by atoms with van der Waals surface area (Å²) in [6, 6.07) is 1.86. The molecular formula is C9H11N3O2. The molecule has 2 rings (SSSR count). The molecule has 0 aliphatic rings. The molecule has 0 amide bonds. The molecule has 0 unspecified atom stereocenters. The Morgan fingerprint density at radius 3 is 2.86 bits per heavy atom. The number of aromatic nitrogens is 3. The van der Waals surface area contributed by atoms with Gasteiger partial charge in [-0.1, -0.05) is 0 Å². The number of carbonyl (C=O) groups is 1. The van der Waals surface area contributed by atoms with Crippen molar-refractivity contribution >= 4 is 17.0 Å². The van der Waals surface area contributed by atoms with E-state index in [0.717, 1.165) is 16.7 Å². The van der Waals surface area contributed by atoms with E-state index < -0.39 is 5.97 Å². The lowest BCUT2D eigenvalue weighted by molar-refractivity contribution is -0.136. The monoisotopic (exact) mass is 193 g/mol. The average molecular weight is 193 g/mol. The molecule has 0 saturated heterocycles. The van der Waals surface area contributed by atoms with Gasteiger partial charge in [-0.2, -0.15) is 5.10 Å². The largest absolute Gasteiger partial charge is 0.481 e. The quantitative estimate of drug-likeness (QED) is 0.757. The van der Waals surface area contributed by atoms with E-state index in [-0.39, 0.29) is 6.42 Å². The van der Waals surface area contributed by atoms with Crippen LogP contribution in [0.3, 0.4) is 0 Å². The highest BCUT2D eigenvalue weighted by Gasteiger charge is 2.10. The predicted molar refractivity (Wildman–Crippen MR) is 51.0 cm³/mol. The fourth-order valence-electron chi connectivity index (χ4n) is 1.59. The Morgan fingerprint density at radius 2 is 2.29 bits per heavy atom. The van der Waals surface area contributed by atoms with E-state index in [1.54, 1.807) is 4.68 Å². The molecule has 0 aromatic carbocycles. The van der Waals surface area contributed by atoms with Crippen molar-refractivity contribution in [2.45, 2.75) is 6.42 Å². The first-order valence-electron chi connectivity index (χ1n) is 4.27. The number of hydrogen-bond donors (Lipinski definition) is 1. The zero-order valence-electron chi connectivity index (χ0n) is 8.06. The van der Waals surface area contributed by atoms with Crippen molar-refractivity contribution in [2.75, 3.05) is 0 Å². The van der Waals surface area contributed by atoms with Crippen LogP contribution in [0.15, 0.2) is 12.3 Å². The molecule has 2 heterocycles. The first kappa shape index (κ1) is 8.80. The molecule has 0 aliphatic carbocycles. The topological polar surface area (TPSA) is 60.1 Å². The van der Waals surface area contributed by atoms with Gasteiger partial charge >= 0.3 is 5.97 Å². The van der Waals surface area contributed by atoms with Crippen LogP contribution in [-0.2, 0) is 25.3 Å². The number of carboxylic acids is 1. The molecule has 5 heteroatoms. The Kier molecular flexibility index (Phi) is 1.80. The van der Waals surface area contributed by atoms with Crippen molar-refractivity contribution in [3.8, 4) is 0 Å². The van der Waals surface area contributed by atoms with Crippen molar-refractivity contribution in [2.24, 2.45) is 14.1 Å². The third kappa shape index (κ3) is 1.26. The molecule has 0 bridgehead atoms. The molecule has 74 valence electrons. The number of nitrogens with zero attached hydrogens (tertiary/aromatic N) is 3. The minimum atomic E-state index is -0.822. The lowest BCUT2D eigenvalue weighted by Gasteiger charge is -1.99. The Balaban J connectivity index is 2.52. The molecule has 0 saturated carbocycles. The Labute approximate surface area is 80.6 Å². The van der Waals surface area contributed by atoms with Crippen LogP contribution in [0.5, 0.6) is 0 Å². The highest BCUT2D eigenvalue weighted by Crippen LogP contribution is 2.16. The van der Waals surface area contributed by atoms with Crippen molar-refractivity contribution in [1.29, 1.82) is 0 Å². The van der Waals surface area contributed by atoms with E-state index in [4.69, 9.17) is 5.11 Å². The van der Waals surface area contributed by atoms with Gasteiger partial charge in [0, 0.05) is 31.4 Å². The Hall–Kier alpha value is -1.78. The highest BCUT2D eigenvalue weighted by atomic mass is 16.4. The third-order valence-electron chi connectivity index (χ3n) is 2.24. The first-order valence-corrected chi connectivity index (χ1v) is 4.27. The second-order valence-corrected chi connectivity index (χ2v) is 3.35. The fraction of sp³-hybridized carbons (Fsp3) is 0.333. The summed E-state index contributed by atoms with van der Waals surface area (Å²) in [5, 5.41) is 13.9. The molecule has 0 spiro atoms. The Morgan fingerprint density at radius 1 is 1.57 bits per heavy atom. The van der Waals surface area contributed by atoms with Gasteiger partial charge in [0.1, 0.15) is 0 Å². The number of aryl methyl sites for hydroxylation is 2. The van der Waals surface area contributed by atoms with Crippen molar-refractivity contribution in [1.82, 2.24) is 14.3 Å². The summed E-state index contributed by atoms with van der Waals surface area (Å²) < 4.78 is 3.53. The number of aliphatic carboxylic acids is 1. The van der Waals surface area contributed by atoms with Gasteiger partial charge in [0.15, 0.2) is 5.65 Å². The molecule has 1 N–H and O–H groups in total. The summed E-state index contributed by atoms with van der Waals surface area (Å²) in [5.41, 5.74) is 1.60. The summed E-state index contributed by atoms with van der Waals surface area (Å²) in [7, 11) is 3.67. The maximum atomic E-state index is 10.5. The third-order valence-corrected chi connectivity index (χ3v) is 2.24. The lowest BCUT2D eigenvalue weighted by Crippen LogP contribution is -2.05. The lowest BCUT2D eigenvalue weighted by atomic mass is 10.3. The van der Waals surface area contributed by atoms with Gasteiger partial charge in [-0.25, -0.2) is 0 Å². The second-order valence-electron chi connectivity index (χ2n) is 3.35. The predicted octanol–water partition coefficient (Wildman–Crippen LogP) is 0.539. The van der Waals surface area contributed by atoms with Gasteiger partial charge in [0.25, 0.3) is 0 Å². The standard InChI is InChI=1S/C9H11N3O2/c1-11-5-6-3-7(4-8(13)14)12(2)9(6)10-11/h3,5H,4H2,1-2H3,(H,13,14). The first-order chi connectivity index (χ1) is 6.58. The molecule has 0 aliphatic heterocycles. The molecule has 0 atom stereocenters. The van der Waals surface area contributed by atoms with E-state index in [1.807, 2.05) is 30.9 Å². The van der Waals surface area contributed by atoms with E-state index >= 15 is 0 Å². The number of rotatable bonds is 2. The minimum Gasteiger partial charge on any atom is -0.481 e. The summed E-state index contributed by atoms with van der Waals surface area (Å²) >= 11 is 0. The number of carboxylic acid groups (broad SMARTS) is 1. The van der Waals surface area contributed by atoms with Crippen molar-refractivity contribution in [3.63, 3.8) is 0 Å². The minimum absolute atomic E-state index is 0.0383. The van der Waals surface area contributed by atoms with Crippen LogP contribution in [0.4, 0.5) is 0 Å². The van der Waals surface area contributed by atoms with Crippen molar-refractivity contribution in [3.05, 3.63) is 18.0 Å². The zero-order chi connectivity index (χ0) is 10.3. The van der Waals surface area contributed by atoms with Gasteiger partial charge in [0.05, 0.1) is 6.42 Å². The van der Waals surface area contributed by atoms with Crippen LogP contribution in [0, 0.1) is 0 Å². The van der Waals surface area contributed by atoms with Crippen LogP contribution >= 0.6 is 0 Å². The normalized spacial score (nSPS) is 11.0. The zero-order valence-corrected chi connectivity index (χ0v) is 8.06. The summed E-state index contributed by atoms with van der Waals surface area (Å²) in [5.74, 6) is -0.822. The van der Waals surface area contributed by atoms with E-state index in [9.17, 15) is 4.79 Å². The van der Waals surface area contributed by atoms with E-state index in [0.29, 0.717) is 0 Å². The van der Waals surface area contributed by atoms with Crippen LogP contribution in [0.1, 0.15) is 5.69 Å². The number of hydrogen-bond acceptors (Lipinski definition) is 2. The van der Waals surface area contributed by atoms with Gasteiger partial charge in [-0.15, -0.1) is 0 Å². The molecular weight excluding hydrogens is 182 g/mol. The summed E-state index contributed by atoms with van der Waals surface area (Å²) in [6.45, 7) is 0. The smallest absolute Gasteiger partial charge is 0.309 e. The maximum absolute atomic E-state index is 10.5. The highest BCUT2D eigenvalue weighted by molar-refractivity contribution is 5.79. The molecule has 14 heavy (non-hydrogen) atoms. The van der Waals surface area contributed by atoms with E-state index in [1.165, 1.54) is 0 Å². The second kappa shape index (κ2) is 2.87. The van der Waals surface area contributed by atoms with Crippen molar-refractivity contribution < 1.29 is 9.90 Å². The molecule has 2 aromatic rings. The molecule has 5 nitrogen and oxygen atoms in total. The van der Waals surface area contributed by atoms with Gasteiger partial charge in [-0.05, 0) is 6.07 Å². The maximum Gasteiger partial charge on any atom is 0.309 e. The van der Waals surface area contributed by atoms with E-state index in [2.05, 4.69) is 5.10 Å². The van der Waals surface area contributed by atoms with Gasteiger partial charge in [-0.3, -0.25) is 9.48 Å². The fourth-order valence-corrected chi connectivity index (χ4v) is 1.59. The SMILES string of the molecule is Cn1cc2cc(CC(=O)O)n(C)c2n1. The Bertz CT molecular complexity index is 495. The molecule has 2 aromatic heterocycles. The van der Waals surface area contributed by atoms with Crippen LogP contribution < -0.4 is 0 Å². The van der Waals surface area contributed by atoms with Crippen LogP contribution in [0.2, 0.25) is 0 Å². The van der Waals surface area contributed by atoms with Crippen LogP contribution in [-0.4, -0.2) is 25.4 Å². The number of fused-ring (bicyclic) bond motifs is 1. The summed E-state index contributed by atoms with van der Waals surface area (Å²) in [4.78, 5) is 10.5. The van der Waals surface area contributed by atoms with Crippen LogP contribution in [0.25, 0.3) is 11.0 Å². The molecule has 0 fully saturated rings. The summed E-state index contributed by atoms with van der Waals surface area (Å²) in [6.07, 6.45) is 1.91. The van der Waals surface area contributed by atoms with Gasteiger partial charge < -0.3 is 9.67 Å².